The number of hydrogen-bond acceptors (Lipinski definition) is 6. The molecule has 1 amide bonds. The van der Waals surface area contributed by atoms with E-state index < -0.39 is 12.1 Å². The molecule has 2 aromatic rings. The van der Waals surface area contributed by atoms with Crippen molar-refractivity contribution in [2.45, 2.75) is 43.4 Å². The van der Waals surface area contributed by atoms with E-state index in [-0.39, 0.29) is 28.8 Å². The van der Waals surface area contributed by atoms with Gasteiger partial charge in [0.15, 0.2) is 0 Å². The van der Waals surface area contributed by atoms with E-state index in [1.165, 1.54) is 0 Å². The summed E-state index contributed by atoms with van der Waals surface area (Å²) in [6, 6.07) is 12.7. The average Bonchev–Trinajstić information content (AvgIpc) is 3.36. The van der Waals surface area contributed by atoms with Gasteiger partial charge >= 0.3 is 0 Å². The van der Waals surface area contributed by atoms with Crippen LogP contribution in [-0.4, -0.2) is 29.0 Å². The van der Waals surface area contributed by atoms with Gasteiger partial charge in [-0.15, -0.1) is 11.3 Å². The third-order valence-corrected chi connectivity index (χ3v) is 6.49. The smallest absolute Gasteiger partial charge is 0.239 e. The lowest BCUT2D eigenvalue weighted by atomic mass is 9.79. The van der Waals surface area contributed by atoms with Crippen LogP contribution in [-0.2, 0) is 4.79 Å². The molecule has 27 heavy (non-hydrogen) atoms. The number of nitrogens with zero attached hydrogens (tertiary/aromatic N) is 1. The molecule has 1 aliphatic heterocycles. The molecule has 8 heteroatoms. The second kappa shape index (κ2) is 7.75. The van der Waals surface area contributed by atoms with Crippen molar-refractivity contribution >= 4 is 17.2 Å². The van der Waals surface area contributed by atoms with Crippen LogP contribution in [0.1, 0.15) is 35.7 Å². The molecule has 2 fully saturated rings. The first kappa shape index (κ1) is 18.1. The van der Waals surface area contributed by atoms with E-state index in [9.17, 15) is 14.9 Å². The fourth-order valence-corrected chi connectivity index (χ4v) is 4.94. The molecule has 0 spiro atoms. The number of thiophene rings is 1. The maximum Gasteiger partial charge on any atom is 0.239 e. The Hall–Kier alpha value is -2.29. The van der Waals surface area contributed by atoms with Gasteiger partial charge < -0.3 is 5.32 Å². The van der Waals surface area contributed by atoms with Crippen molar-refractivity contribution in [2.75, 3.05) is 0 Å². The predicted octanol–water partition coefficient (Wildman–Crippen LogP) is 2.24. The maximum absolute atomic E-state index is 13.1. The fourth-order valence-electron chi connectivity index (χ4n) is 4.14. The Morgan fingerprint density at radius 2 is 2.00 bits per heavy atom. The number of amides is 1. The number of benzene rings is 1. The number of carbonyl (C=O) groups excluding carboxylic acids is 1. The molecule has 1 aliphatic carbocycles. The molecule has 2 aliphatic rings. The summed E-state index contributed by atoms with van der Waals surface area (Å²) < 4.78 is 0. The lowest BCUT2D eigenvalue weighted by Gasteiger charge is -2.29. The normalized spacial score (nSPS) is 28.3. The molecule has 1 aromatic carbocycles. The molecule has 5 unspecified atom stereocenters. The highest BCUT2D eigenvalue weighted by atomic mass is 32.1. The second-order valence-corrected chi connectivity index (χ2v) is 8.14. The molecular weight excluding hydrogens is 364 g/mol. The summed E-state index contributed by atoms with van der Waals surface area (Å²) in [5, 5.41) is 16.3. The topological polar surface area (TPSA) is 96.3 Å². The molecule has 1 saturated heterocycles. The molecule has 4 rings (SSSR count). The van der Waals surface area contributed by atoms with Crippen LogP contribution in [0.3, 0.4) is 0 Å². The third kappa shape index (κ3) is 3.73. The quantitative estimate of drug-likeness (QED) is 0.541. The van der Waals surface area contributed by atoms with Crippen LogP contribution in [0, 0.1) is 16.0 Å². The van der Waals surface area contributed by atoms with E-state index in [4.69, 9.17) is 0 Å². The first-order valence-electron chi connectivity index (χ1n) is 9.17. The highest BCUT2D eigenvalue weighted by Crippen LogP contribution is 2.33. The Morgan fingerprint density at radius 1 is 1.19 bits per heavy atom. The van der Waals surface area contributed by atoms with E-state index in [0.717, 1.165) is 10.4 Å². The number of hydrazine groups is 1. The average molecular weight is 386 g/mol. The lowest BCUT2D eigenvalue weighted by Crippen LogP contribution is -2.48. The van der Waals surface area contributed by atoms with Crippen LogP contribution in [0.25, 0.3) is 0 Å². The van der Waals surface area contributed by atoms with Gasteiger partial charge in [0.2, 0.25) is 11.9 Å². The van der Waals surface area contributed by atoms with Crippen LogP contribution < -0.4 is 16.2 Å². The molecule has 3 N–H and O–H groups in total. The Morgan fingerprint density at radius 3 is 2.70 bits per heavy atom. The van der Waals surface area contributed by atoms with Crippen molar-refractivity contribution in [2.24, 2.45) is 5.92 Å². The van der Waals surface area contributed by atoms with Gasteiger partial charge in [0.1, 0.15) is 6.04 Å². The van der Waals surface area contributed by atoms with Gasteiger partial charge in [0.05, 0.1) is 6.04 Å². The summed E-state index contributed by atoms with van der Waals surface area (Å²) in [5.41, 5.74) is 7.26. The molecule has 1 saturated carbocycles. The van der Waals surface area contributed by atoms with E-state index in [1.54, 1.807) is 11.3 Å². The summed E-state index contributed by atoms with van der Waals surface area (Å²) in [4.78, 5) is 25.1. The van der Waals surface area contributed by atoms with E-state index in [0.29, 0.717) is 19.3 Å². The molecule has 7 nitrogen and oxygen atoms in total. The van der Waals surface area contributed by atoms with Crippen molar-refractivity contribution in [1.29, 1.82) is 0 Å². The fraction of sp³-hybridized carbons (Fsp3) is 0.421. The zero-order valence-electron chi connectivity index (χ0n) is 14.7. The zero-order valence-corrected chi connectivity index (χ0v) is 15.5. The molecule has 0 bridgehead atoms. The van der Waals surface area contributed by atoms with Crippen molar-refractivity contribution in [1.82, 2.24) is 16.2 Å². The van der Waals surface area contributed by atoms with Crippen molar-refractivity contribution < 1.29 is 9.72 Å². The van der Waals surface area contributed by atoms with Crippen LogP contribution in [0.15, 0.2) is 47.8 Å². The minimum atomic E-state index is -0.564. The Labute approximate surface area is 161 Å². The van der Waals surface area contributed by atoms with Crippen LogP contribution in [0.4, 0.5) is 0 Å². The van der Waals surface area contributed by atoms with Gasteiger partial charge in [-0.05, 0) is 23.4 Å². The van der Waals surface area contributed by atoms with Gasteiger partial charge in [0, 0.05) is 34.6 Å². The van der Waals surface area contributed by atoms with Gasteiger partial charge in [-0.2, -0.15) is 0 Å². The Bertz CT molecular complexity index is 799. The highest BCUT2D eigenvalue weighted by molar-refractivity contribution is 7.10. The van der Waals surface area contributed by atoms with Gasteiger partial charge in [0.25, 0.3) is 0 Å². The van der Waals surface area contributed by atoms with Gasteiger partial charge in [-0.25, -0.2) is 5.43 Å². The molecule has 1 aromatic heterocycles. The third-order valence-electron chi connectivity index (χ3n) is 5.55. The number of fused-ring (bicyclic) bond motifs is 1. The molecule has 142 valence electrons. The summed E-state index contributed by atoms with van der Waals surface area (Å²) in [6.45, 7) is 0. The van der Waals surface area contributed by atoms with E-state index >= 15 is 0 Å². The molecule has 0 radical (unpaired) electrons. The number of nitrogens with one attached hydrogen (secondary N) is 3. The largest absolute Gasteiger partial charge is 0.343 e. The Kier molecular flexibility index (Phi) is 5.20. The minimum Gasteiger partial charge on any atom is -0.343 e. The summed E-state index contributed by atoms with van der Waals surface area (Å²) >= 11 is 1.60. The minimum absolute atomic E-state index is 0.0751. The molecule has 5 atom stereocenters. The standard InChI is InChI=1S/C19H22N4O3S/c24-19(18-14-11-13(23(25)26)8-9-15(14)21-22-18)20-17(16-7-4-10-27-16)12-5-2-1-3-6-12/h1-7,10,13-15,17-18,21-22H,8-9,11H2,(H,20,24). The number of hydrogen-bond donors (Lipinski definition) is 3. The highest BCUT2D eigenvalue weighted by Gasteiger charge is 2.46. The SMILES string of the molecule is O=C(NC(c1ccccc1)c1cccs1)C1NNC2CCC([N+](=O)[O-])CC21. The summed E-state index contributed by atoms with van der Waals surface area (Å²) in [6.07, 6.45) is 1.68. The Balaban J connectivity index is 1.52. The van der Waals surface area contributed by atoms with E-state index in [2.05, 4.69) is 16.2 Å². The molecular formula is C19H22N4O3S. The van der Waals surface area contributed by atoms with Crippen LogP contribution >= 0.6 is 11.3 Å². The van der Waals surface area contributed by atoms with E-state index in [1.807, 2.05) is 47.8 Å². The number of carbonyl (C=O) groups is 1. The monoisotopic (exact) mass is 386 g/mol. The lowest BCUT2D eigenvalue weighted by molar-refractivity contribution is -0.528. The van der Waals surface area contributed by atoms with Crippen molar-refractivity contribution in [3.8, 4) is 0 Å². The van der Waals surface area contributed by atoms with Crippen LogP contribution in [0.5, 0.6) is 0 Å². The second-order valence-electron chi connectivity index (χ2n) is 7.16. The maximum atomic E-state index is 13.1. The number of nitro groups is 1. The zero-order chi connectivity index (χ0) is 18.8. The van der Waals surface area contributed by atoms with Crippen molar-refractivity contribution in [3.63, 3.8) is 0 Å². The molecule has 2 heterocycles. The van der Waals surface area contributed by atoms with Crippen molar-refractivity contribution in [3.05, 3.63) is 68.4 Å². The predicted molar refractivity (Wildman–Crippen MR) is 103 cm³/mol. The summed E-state index contributed by atoms with van der Waals surface area (Å²) in [7, 11) is 0. The first-order chi connectivity index (χ1) is 13.1. The first-order valence-corrected chi connectivity index (χ1v) is 10.0. The van der Waals surface area contributed by atoms with Crippen LogP contribution in [0.2, 0.25) is 0 Å². The summed E-state index contributed by atoms with van der Waals surface area (Å²) in [5.74, 6) is -0.199. The number of rotatable bonds is 5. The van der Waals surface area contributed by atoms with Gasteiger partial charge in [-0.1, -0.05) is 36.4 Å². The van der Waals surface area contributed by atoms with Gasteiger partial charge in [-0.3, -0.25) is 20.3 Å².